The van der Waals surface area contributed by atoms with Crippen LogP contribution in [0.1, 0.15) is 26.0 Å². The van der Waals surface area contributed by atoms with Gasteiger partial charge in [0, 0.05) is 30.0 Å². The van der Waals surface area contributed by atoms with Crippen LogP contribution in [-0.4, -0.2) is 17.4 Å². The Labute approximate surface area is 97.1 Å². The molecule has 2 nitrogen and oxygen atoms in total. The second-order valence-electron chi connectivity index (χ2n) is 4.64. The Morgan fingerprint density at radius 1 is 1.47 bits per heavy atom. The van der Waals surface area contributed by atoms with Crippen molar-refractivity contribution in [3.05, 3.63) is 24.0 Å². The van der Waals surface area contributed by atoms with Crippen molar-refractivity contribution in [2.45, 2.75) is 27.2 Å². The predicted molar refractivity (Wildman–Crippen MR) is 66.6 cm³/mol. The summed E-state index contributed by atoms with van der Waals surface area (Å²) < 4.78 is 0. The van der Waals surface area contributed by atoms with Crippen LogP contribution in [0.25, 0.3) is 0 Å². The first-order valence-electron chi connectivity index (χ1n) is 5.26. The summed E-state index contributed by atoms with van der Waals surface area (Å²) in [6.45, 7) is 7.37. The van der Waals surface area contributed by atoms with Crippen molar-refractivity contribution in [3.8, 4) is 0 Å². The average molecular weight is 227 g/mol. The number of rotatable bonds is 5. The molecule has 15 heavy (non-hydrogen) atoms. The van der Waals surface area contributed by atoms with Crippen LogP contribution in [0.5, 0.6) is 0 Å². The van der Waals surface area contributed by atoms with Crippen molar-refractivity contribution in [1.82, 2.24) is 4.98 Å². The molecule has 1 aromatic rings. The van der Waals surface area contributed by atoms with E-state index >= 15 is 0 Å². The van der Waals surface area contributed by atoms with Crippen molar-refractivity contribution < 1.29 is 0 Å². The van der Waals surface area contributed by atoms with Crippen LogP contribution in [0.2, 0.25) is 0 Å². The number of nitrogens with one attached hydrogen (secondary N) is 1. The number of pyridine rings is 1. The highest BCUT2D eigenvalue weighted by molar-refractivity contribution is 6.17. The van der Waals surface area contributed by atoms with E-state index in [-0.39, 0.29) is 5.41 Å². The maximum Gasteiger partial charge on any atom is 0.0393 e. The zero-order valence-electron chi connectivity index (χ0n) is 9.68. The van der Waals surface area contributed by atoms with E-state index in [1.54, 1.807) is 0 Å². The first-order chi connectivity index (χ1) is 7.03. The maximum absolute atomic E-state index is 5.76. The molecule has 0 aliphatic rings. The molecule has 0 aliphatic heterocycles. The molecule has 0 atom stereocenters. The molecule has 1 rings (SSSR count). The van der Waals surface area contributed by atoms with E-state index in [2.05, 4.69) is 30.2 Å². The highest BCUT2D eigenvalue weighted by Gasteiger charge is 2.16. The number of halogens is 1. The highest BCUT2D eigenvalue weighted by atomic mass is 35.5. The van der Waals surface area contributed by atoms with Crippen molar-refractivity contribution in [2.24, 2.45) is 5.41 Å². The molecule has 0 aromatic carbocycles. The van der Waals surface area contributed by atoms with Gasteiger partial charge in [-0.1, -0.05) is 13.8 Å². The molecule has 0 unspecified atom stereocenters. The zero-order valence-corrected chi connectivity index (χ0v) is 10.4. The van der Waals surface area contributed by atoms with Crippen molar-refractivity contribution in [1.29, 1.82) is 0 Å². The van der Waals surface area contributed by atoms with Crippen molar-refractivity contribution in [3.63, 3.8) is 0 Å². The average Bonchev–Trinajstić information content (AvgIpc) is 2.15. The van der Waals surface area contributed by atoms with Crippen molar-refractivity contribution >= 4 is 17.3 Å². The number of aromatic nitrogens is 1. The smallest absolute Gasteiger partial charge is 0.0393 e. The second kappa shape index (κ2) is 5.36. The van der Waals surface area contributed by atoms with E-state index < -0.39 is 0 Å². The van der Waals surface area contributed by atoms with Gasteiger partial charge in [0.1, 0.15) is 0 Å². The molecule has 1 heterocycles. The lowest BCUT2D eigenvalue weighted by molar-refractivity contribution is 0.379. The number of aryl methyl sites for hydroxylation is 1. The molecule has 84 valence electrons. The first-order valence-corrected chi connectivity index (χ1v) is 5.79. The Balaban J connectivity index is 2.49. The van der Waals surface area contributed by atoms with E-state index in [0.29, 0.717) is 5.88 Å². The molecular weight excluding hydrogens is 208 g/mol. The molecular formula is C12H19ClN2. The maximum atomic E-state index is 5.76. The zero-order chi connectivity index (χ0) is 11.3. The lowest BCUT2D eigenvalue weighted by Crippen LogP contribution is -2.23. The molecule has 0 saturated carbocycles. The van der Waals surface area contributed by atoms with Crippen LogP contribution in [0, 0.1) is 12.3 Å². The number of alkyl halides is 1. The van der Waals surface area contributed by atoms with E-state index in [1.165, 1.54) is 0 Å². The summed E-state index contributed by atoms with van der Waals surface area (Å²) in [7, 11) is 0. The summed E-state index contributed by atoms with van der Waals surface area (Å²) in [5.74, 6) is 0.712. The van der Waals surface area contributed by atoms with E-state index in [1.807, 2.05) is 19.2 Å². The standard InChI is InChI=1S/C12H19ClN2/c1-10-8-11(4-7-14-10)15-9-12(2,3)5-6-13/h4,7-8H,5-6,9H2,1-3H3,(H,14,15). The monoisotopic (exact) mass is 226 g/mol. The lowest BCUT2D eigenvalue weighted by atomic mass is 9.90. The molecule has 0 fully saturated rings. The van der Waals surface area contributed by atoms with Gasteiger partial charge < -0.3 is 5.32 Å². The van der Waals surface area contributed by atoms with Crippen molar-refractivity contribution in [2.75, 3.05) is 17.7 Å². The van der Waals surface area contributed by atoms with E-state index in [9.17, 15) is 0 Å². The fourth-order valence-corrected chi connectivity index (χ4v) is 1.85. The summed E-state index contributed by atoms with van der Waals surface area (Å²) in [6, 6.07) is 4.04. The molecule has 0 radical (unpaired) electrons. The van der Waals surface area contributed by atoms with Crippen LogP contribution in [0.4, 0.5) is 5.69 Å². The van der Waals surface area contributed by atoms with Gasteiger partial charge in [0.15, 0.2) is 0 Å². The van der Waals surface area contributed by atoms with Gasteiger partial charge in [0.25, 0.3) is 0 Å². The number of hydrogen-bond donors (Lipinski definition) is 1. The third kappa shape index (κ3) is 4.52. The van der Waals surface area contributed by atoms with Gasteiger partial charge in [-0.2, -0.15) is 0 Å². The van der Waals surface area contributed by atoms with Gasteiger partial charge in [-0.05, 0) is 30.9 Å². The largest absolute Gasteiger partial charge is 0.384 e. The van der Waals surface area contributed by atoms with Gasteiger partial charge in [-0.25, -0.2) is 0 Å². The Morgan fingerprint density at radius 3 is 2.80 bits per heavy atom. The highest BCUT2D eigenvalue weighted by Crippen LogP contribution is 2.21. The Bertz CT molecular complexity index is 310. The minimum absolute atomic E-state index is 0.235. The van der Waals surface area contributed by atoms with Gasteiger partial charge in [0.05, 0.1) is 0 Å². The normalized spacial score (nSPS) is 11.5. The quantitative estimate of drug-likeness (QED) is 0.778. The summed E-state index contributed by atoms with van der Waals surface area (Å²) in [6.07, 6.45) is 2.85. The second-order valence-corrected chi connectivity index (χ2v) is 5.02. The molecule has 0 bridgehead atoms. The third-order valence-corrected chi connectivity index (χ3v) is 2.63. The van der Waals surface area contributed by atoms with E-state index in [0.717, 1.165) is 24.3 Å². The number of nitrogens with zero attached hydrogens (tertiary/aromatic N) is 1. The first kappa shape index (κ1) is 12.3. The topological polar surface area (TPSA) is 24.9 Å². The summed E-state index contributed by atoms with van der Waals surface area (Å²) in [5, 5.41) is 3.41. The fourth-order valence-electron chi connectivity index (χ4n) is 1.34. The molecule has 0 aliphatic carbocycles. The fraction of sp³-hybridized carbons (Fsp3) is 0.583. The minimum atomic E-state index is 0.235. The van der Waals surface area contributed by atoms with Crippen LogP contribution in [-0.2, 0) is 0 Å². The Hall–Kier alpha value is -0.760. The minimum Gasteiger partial charge on any atom is -0.384 e. The van der Waals surface area contributed by atoms with Gasteiger partial charge in [0.2, 0.25) is 0 Å². The van der Waals surface area contributed by atoms with Crippen LogP contribution in [0.15, 0.2) is 18.3 Å². The van der Waals surface area contributed by atoms with Gasteiger partial charge in [-0.3, -0.25) is 4.98 Å². The van der Waals surface area contributed by atoms with Crippen LogP contribution >= 0.6 is 11.6 Å². The molecule has 0 saturated heterocycles. The number of hydrogen-bond acceptors (Lipinski definition) is 2. The SMILES string of the molecule is Cc1cc(NCC(C)(C)CCCl)ccn1. The molecule has 1 aromatic heterocycles. The van der Waals surface area contributed by atoms with Gasteiger partial charge >= 0.3 is 0 Å². The third-order valence-electron chi connectivity index (χ3n) is 2.44. The lowest BCUT2D eigenvalue weighted by Gasteiger charge is -2.24. The summed E-state index contributed by atoms with van der Waals surface area (Å²) >= 11 is 5.76. The predicted octanol–water partition coefficient (Wildman–Crippen LogP) is 3.46. The van der Waals surface area contributed by atoms with Crippen LogP contribution < -0.4 is 5.32 Å². The van der Waals surface area contributed by atoms with E-state index in [4.69, 9.17) is 11.6 Å². The summed E-state index contributed by atoms with van der Waals surface area (Å²) in [4.78, 5) is 4.16. The van der Waals surface area contributed by atoms with Gasteiger partial charge in [-0.15, -0.1) is 11.6 Å². The van der Waals surface area contributed by atoms with Crippen LogP contribution in [0.3, 0.4) is 0 Å². The molecule has 0 amide bonds. The molecule has 3 heteroatoms. The number of anilines is 1. The molecule has 0 spiro atoms. The Morgan fingerprint density at radius 2 is 2.20 bits per heavy atom. The summed E-state index contributed by atoms with van der Waals surface area (Å²) in [5.41, 5.74) is 2.40. The molecule has 1 N–H and O–H groups in total. The Kier molecular flexibility index (Phi) is 4.40.